The third kappa shape index (κ3) is 3.08. The number of nitrogens with zero attached hydrogens (tertiary/aromatic N) is 4. The third-order valence-corrected chi connectivity index (χ3v) is 5.25. The van der Waals surface area contributed by atoms with Crippen LogP contribution in [0.2, 0.25) is 0 Å². The van der Waals surface area contributed by atoms with Gasteiger partial charge in [0.15, 0.2) is 5.89 Å². The number of aliphatic hydroxyl groups is 1. The Hall–Kier alpha value is -2.15. The first-order valence-electron chi connectivity index (χ1n) is 8.96. The van der Waals surface area contributed by atoms with Crippen LogP contribution in [0.5, 0.6) is 0 Å². The summed E-state index contributed by atoms with van der Waals surface area (Å²) >= 11 is 0. The monoisotopic (exact) mass is 344 g/mol. The average Bonchev–Trinajstić information content (AvgIpc) is 3.27. The summed E-state index contributed by atoms with van der Waals surface area (Å²) in [6.07, 6.45) is 6.75. The molecule has 1 aliphatic heterocycles. The molecule has 134 valence electrons. The first kappa shape index (κ1) is 16.3. The highest BCUT2D eigenvalue weighted by molar-refractivity contribution is 5.92. The number of aryl methyl sites for hydroxylation is 2. The molecule has 0 radical (unpaired) electrons. The van der Waals surface area contributed by atoms with Gasteiger partial charge in [0, 0.05) is 44.4 Å². The first-order chi connectivity index (χ1) is 12.0. The highest BCUT2D eigenvalue weighted by Crippen LogP contribution is 2.40. The molecule has 2 atom stereocenters. The number of amides is 1. The number of hydrogen-bond donors (Lipinski definition) is 1. The van der Waals surface area contributed by atoms with Crippen LogP contribution in [0.15, 0.2) is 16.8 Å². The normalized spacial score (nSPS) is 22.2. The summed E-state index contributed by atoms with van der Waals surface area (Å²) < 4.78 is 7.59. The molecular weight excluding hydrogens is 320 g/mol. The number of piperidine rings is 1. The van der Waals surface area contributed by atoms with Crippen LogP contribution in [0.1, 0.15) is 65.7 Å². The fraction of sp³-hybridized carbons (Fsp3) is 0.611. The van der Waals surface area contributed by atoms with Crippen LogP contribution in [0.25, 0.3) is 0 Å². The van der Waals surface area contributed by atoms with Gasteiger partial charge in [-0.15, -0.1) is 0 Å². The maximum absolute atomic E-state index is 12.9. The standard InChI is InChI=1S/C18H24N4O3/c1-11-15(25-17(20-11)12-5-6-12)18(24)22-8-3-4-13(10-22)14(23)16-19-7-9-21(16)2/h7,9,12-14,23H,3-6,8,10H2,1-2H3/t13-,14+/m0/s1. The Labute approximate surface area is 146 Å². The molecule has 7 heteroatoms. The smallest absolute Gasteiger partial charge is 0.291 e. The average molecular weight is 344 g/mol. The molecule has 25 heavy (non-hydrogen) atoms. The fourth-order valence-electron chi connectivity index (χ4n) is 3.59. The molecule has 1 N–H and O–H groups in total. The predicted octanol–water partition coefficient (Wildman–Crippen LogP) is 2.18. The van der Waals surface area contributed by atoms with E-state index in [0.717, 1.165) is 25.7 Å². The Morgan fingerprint density at radius 1 is 1.40 bits per heavy atom. The van der Waals surface area contributed by atoms with Crippen molar-refractivity contribution in [2.45, 2.75) is 44.6 Å². The molecule has 1 amide bonds. The molecular formula is C18H24N4O3. The number of hydrogen-bond acceptors (Lipinski definition) is 5. The summed E-state index contributed by atoms with van der Waals surface area (Å²) in [6.45, 7) is 3.01. The zero-order valence-electron chi connectivity index (χ0n) is 14.7. The lowest BCUT2D eigenvalue weighted by Gasteiger charge is -2.34. The summed E-state index contributed by atoms with van der Waals surface area (Å²) in [5.74, 6) is 1.95. The molecule has 0 unspecified atom stereocenters. The Morgan fingerprint density at radius 3 is 2.88 bits per heavy atom. The maximum atomic E-state index is 12.9. The zero-order chi connectivity index (χ0) is 17.6. The van der Waals surface area contributed by atoms with Crippen molar-refractivity contribution in [3.8, 4) is 0 Å². The van der Waals surface area contributed by atoms with E-state index in [1.165, 1.54) is 0 Å². The molecule has 0 bridgehead atoms. The zero-order valence-corrected chi connectivity index (χ0v) is 14.7. The molecule has 1 saturated heterocycles. The van der Waals surface area contributed by atoms with Gasteiger partial charge in [-0.3, -0.25) is 4.79 Å². The SMILES string of the molecule is Cc1nc(C2CC2)oc1C(=O)N1CCC[C@H]([C@@H](O)c2nccn2C)C1. The van der Waals surface area contributed by atoms with E-state index in [1.54, 1.807) is 11.1 Å². The third-order valence-electron chi connectivity index (χ3n) is 5.25. The molecule has 2 fully saturated rings. The van der Waals surface area contributed by atoms with Gasteiger partial charge in [0.1, 0.15) is 11.9 Å². The fourth-order valence-corrected chi connectivity index (χ4v) is 3.59. The molecule has 2 aromatic rings. The van der Waals surface area contributed by atoms with E-state index < -0.39 is 6.10 Å². The van der Waals surface area contributed by atoms with Crippen LogP contribution in [0, 0.1) is 12.8 Å². The molecule has 1 aliphatic carbocycles. The van der Waals surface area contributed by atoms with Crippen LogP contribution in [0.4, 0.5) is 0 Å². The van der Waals surface area contributed by atoms with E-state index in [4.69, 9.17) is 4.42 Å². The number of imidazole rings is 1. The van der Waals surface area contributed by atoms with Gasteiger partial charge >= 0.3 is 0 Å². The minimum atomic E-state index is -0.673. The quantitative estimate of drug-likeness (QED) is 0.919. The van der Waals surface area contributed by atoms with E-state index in [1.807, 2.05) is 24.7 Å². The maximum Gasteiger partial charge on any atom is 0.291 e. The Morgan fingerprint density at radius 2 is 2.20 bits per heavy atom. The van der Waals surface area contributed by atoms with Crippen molar-refractivity contribution in [1.82, 2.24) is 19.4 Å². The molecule has 1 saturated carbocycles. The van der Waals surface area contributed by atoms with Crippen LogP contribution < -0.4 is 0 Å². The summed E-state index contributed by atoms with van der Waals surface area (Å²) in [5.41, 5.74) is 0.665. The van der Waals surface area contributed by atoms with Crippen LogP contribution in [0.3, 0.4) is 0 Å². The number of aromatic nitrogens is 3. The van der Waals surface area contributed by atoms with E-state index in [9.17, 15) is 9.90 Å². The molecule has 2 aromatic heterocycles. The van der Waals surface area contributed by atoms with Gasteiger partial charge in [0.2, 0.25) is 5.76 Å². The van der Waals surface area contributed by atoms with Crippen LogP contribution >= 0.6 is 0 Å². The van der Waals surface area contributed by atoms with E-state index in [0.29, 0.717) is 42.2 Å². The van der Waals surface area contributed by atoms with Gasteiger partial charge in [0.05, 0.1) is 5.69 Å². The number of rotatable bonds is 4. The van der Waals surface area contributed by atoms with E-state index >= 15 is 0 Å². The van der Waals surface area contributed by atoms with Crippen molar-refractivity contribution in [3.05, 3.63) is 35.6 Å². The highest BCUT2D eigenvalue weighted by atomic mass is 16.4. The molecule has 2 aliphatic rings. The van der Waals surface area contributed by atoms with Crippen molar-refractivity contribution in [3.63, 3.8) is 0 Å². The van der Waals surface area contributed by atoms with Crippen molar-refractivity contribution in [2.24, 2.45) is 13.0 Å². The Bertz CT molecular complexity index is 777. The number of carbonyl (C=O) groups excluding carboxylic acids is 1. The van der Waals surface area contributed by atoms with Crippen molar-refractivity contribution in [1.29, 1.82) is 0 Å². The topological polar surface area (TPSA) is 84.4 Å². The number of oxazole rings is 1. The summed E-state index contributed by atoms with van der Waals surface area (Å²) in [7, 11) is 1.87. The Balaban J connectivity index is 1.49. The Kier molecular flexibility index (Phi) is 4.11. The van der Waals surface area contributed by atoms with Crippen molar-refractivity contribution in [2.75, 3.05) is 13.1 Å². The summed E-state index contributed by atoms with van der Waals surface area (Å²) in [6, 6.07) is 0. The molecule has 0 spiro atoms. The lowest BCUT2D eigenvalue weighted by molar-refractivity contribution is 0.0339. The van der Waals surface area contributed by atoms with Gasteiger partial charge in [-0.25, -0.2) is 9.97 Å². The summed E-state index contributed by atoms with van der Waals surface area (Å²) in [5, 5.41) is 10.7. The second-order valence-electron chi connectivity index (χ2n) is 7.24. The largest absolute Gasteiger partial charge is 0.435 e. The minimum absolute atomic E-state index is 0.0232. The first-order valence-corrected chi connectivity index (χ1v) is 8.96. The molecule has 4 rings (SSSR count). The lowest BCUT2D eigenvalue weighted by Crippen LogP contribution is -2.42. The van der Waals surface area contributed by atoms with E-state index in [-0.39, 0.29) is 11.8 Å². The number of aliphatic hydroxyl groups excluding tert-OH is 1. The van der Waals surface area contributed by atoms with Gasteiger partial charge in [-0.2, -0.15) is 0 Å². The molecule has 7 nitrogen and oxygen atoms in total. The second kappa shape index (κ2) is 6.29. The van der Waals surface area contributed by atoms with Crippen molar-refractivity contribution < 1.29 is 14.3 Å². The molecule has 0 aromatic carbocycles. The van der Waals surface area contributed by atoms with Crippen LogP contribution in [-0.4, -0.2) is 43.5 Å². The number of likely N-dealkylation sites (tertiary alicyclic amines) is 1. The van der Waals surface area contributed by atoms with Crippen LogP contribution in [-0.2, 0) is 7.05 Å². The predicted molar refractivity (Wildman–Crippen MR) is 90.0 cm³/mol. The highest BCUT2D eigenvalue weighted by Gasteiger charge is 2.35. The van der Waals surface area contributed by atoms with Gasteiger partial charge in [-0.05, 0) is 32.6 Å². The summed E-state index contributed by atoms with van der Waals surface area (Å²) in [4.78, 5) is 23.3. The van der Waals surface area contributed by atoms with Gasteiger partial charge in [0.25, 0.3) is 5.91 Å². The van der Waals surface area contributed by atoms with E-state index in [2.05, 4.69) is 9.97 Å². The lowest BCUT2D eigenvalue weighted by atomic mass is 9.91. The van der Waals surface area contributed by atoms with Crippen molar-refractivity contribution >= 4 is 5.91 Å². The second-order valence-corrected chi connectivity index (χ2v) is 7.24. The van der Waals surface area contributed by atoms with Gasteiger partial charge in [-0.1, -0.05) is 0 Å². The van der Waals surface area contributed by atoms with Gasteiger partial charge < -0.3 is 19.0 Å². The molecule has 3 heterocycles. The number of carbonyl (C=O) groups is 1. The minimum Gasteiger partial charge on any atom is -0.435 e.